The molecule has 1 atom stereocenters. The van der Waals surface area contributed by atoms with Crippen molar-refractivity contribution in [3.63, 3.8) is 0 Å². The number of ether oxygens (including phenoxy) is 1. The minimum Gasteiger partial charge on any atom is -0.480 e. The van der Waals surface area contributed by atoms with Crippen molar-refractivity contribution < 1.29 is 19.4 Å². The van der Waals surface area contributed by atoms with E-state index in [-0.39, 0.29) is 17.9 Å². The number of aliphatic carboxylic acids is 1. The van der Waals surface area contributed by atoms with E-state index in [0.29, 0.717) is 11.4 Å². The molecule has 1 amide bonds. The number of carboxylic acid groups (broad SMARTS) is 1. The van der Waals surface area contributed by atoms with Crippen LogP contribution in [0.3, 0.4) is 0 Å². The number of pyridine rings is 1. The van der Waals surface area contributed by atoms with Gasteiger partial charge in [0.25, 0.3) is 5.91 Å². The lowest BCUT2D eigenvalue weighted by Gasteiger charge is -2.22. The summed E-state index contributed by atoms with van der Waals surface area (Å²) >= 11 is 0. The van der Waals surface area contributed by atoms with Crippen molar-refractivity contribution in [2.75, 3.05) is 0 Å². The Morgan fingerprint density at radius 1 is 1.22 bits per heavy atom. The van der Waals surface area contributed by atoms with E-state index in [1.165, 1.54) is 12.6 Å². The van der Waals surface area contributed by atoms with Gasteiger partial charge in [-0.2, -0.15) is 0 Å². The predicted octanol–water partition coefficient (Wildman–Crippen LogP) is 2.39. The molecule has 0 aliphatic heterocycles. The molecule has 2 aliphatic rings. The summed E-state index contributed by atoms with van der Waals surface area (Å²) in [6.45, 7) is 0. The molecule has 0 spiro atoms. The first-order chi connectivity index (χ1) is 11.1. The molecular weight excluding hydrogens is 296 g/mol. The molecule has 0 radical (unpaired) electrons. The van der Waals surface area contributed by atoms with Crippen molar-refractivity contribution in [2.24, 2.45) is 5.92 Å². The lowest BCUT2D eigenvalue weighted by Crippen LogP contribution is -2.42. The van der Waals surface area contributed by atoms with Gasteiger partial charge in [-0.15, -0.1) is 0 Å². The monoisotopic (exact) mass is 318 g/mol. The van der Waals surface area contributed by atoms with E-state index in [9.17, 15) is 14.7 Å². The molecule has 1 unspecified atom stereocenters. The Balaban J connectivity index is 1.63. The minimum atomic E-state index is -0.978. The fourth-order valence-electron chi connectivity index (χ4n) is 3.00. The molecule has 1 aromatic rings. The number of amides is 1. The highest BCUT2D eigenvalue weighted by Gasteiger charge is 2.37. The summed E-state index contributed by atoms with van der Waals surface area (Å²) in [7, 11) is 0. The van der Waals surface area contributed by atoms with Gasteiger partial charge in [0.15, 0.2) is 0 Å². The molecule has 2 aliphatic carbocycles. The summed E-state index contributed by atoms with van der Waals surface area (Å²) in [5.74, 6) is -0.882. The van der Waals surface area contributed by atoms with E-state index in [2.05, 4.69) is 10.3 Å². The van der Waals surface area contributed by atoms with Gasteiger partial charge in [0.2, 0.25) is 5.88 Å². The van der Waals surface area contributed by atoms with Crippen molar-refractivity contribution >= 4 is 11.9 Å². The van der Waals surface area contributed by atoms with Crippen LogP contribution in [0.5, 0.6) is 5.88 Å². The molecule has 124 valence electrons. The number of aromatic nitrogens is 1. The molecule has 1 aromatic heterocycles. The third kappa shape index (κ3) is 4.21. The van der Waals surface area contributed by atoms with Gasteiger partial charge < -0.3 is 15.2 Å². The molecule has 1 heterocycles. The van der Waals surface area contributed by atoms with Gasteiger partial charge in [-0.3, -0.25) is 4.79 Å². The largest absolute Gasteiger partial charge is 0.480 e. The number of carboxylic acids is 1. The summed E-state index contributed by atoms with van der Waals surface area (Å²) in [6.07, 6.45) is 8.98. The van der Waals surface area contributed by atoms with Gasteiger partial charge in [0, 0.05) is 17.8 Å². The van der Waals surface area contributed by atoms with Crippen molar-refractivity contribution in [1.29, 1.82) is 0 Å². The van der Waals surface area contributed by atoms with E-state index in [4.69, 9.17) is 4.74 Å². The summed E-state index contributed by atoms with van der Waals surface area (Å²) in [5, 5.41) is 11.8. The lowest BCUT2D eigenvalue weighted by atomic mass is 9.98. The second kappa shape index (κ2) is 6.98. The Hall–Kier alpha value is -2.11. The quantitative estimate of drug-likeness (QED) is 0.840. The molecule has 0 aromatic carbocycles. The molecule has 6 nitrogen and oxygen atoms in total. The molecular formula is C17H22N2O4. The smallest absolute Gasteiger partial charge is 0.326 e. The SMILES string of the molecule is O=C(NC(C(=O)O)C1CC1)c1ccnc(OC2CCCCC2)c1. The van der Waals surface area contributed by atoms with Gasteiger partial charge in [0.1, 0.15) is 12.1 Å². The van der Waals surface area contributed by atoms with Crippen molar-refractivity contribution in [3.8, 4) is 5.88 Å². The molecule has 0 bridgehead atoms. The third-order valence-corrected chi connectivity index (χ3v) is 4.48. The first-order valence-electron chi connectivity index (χ1n) is 8.30. The number of rotatable bonds is 6. The topological polar surface area (TPSA) is 88.5 Å². The lowest BCUT2D eigenvalue weighted by molar-refractivity contribution is -0.139. The van der Waals surface area contributed by atoms with Crippen molar-refractivity contribution in [1.82, 2.24) is 10.3 Å². The molecule has 2 N–H and O–H groups in total. The van der Waals surface area contributed by atoms with Crippen LogP contribution in [0.25, 0.3) is 0 Å². The molecule has 3 rings (SSSR count). The van der Waals surface area contributed by atoms with Crippen LogP contribution in [-0.2, 0) is 4.79 Å². The maximum Gasteiger partial charge on any atom is 0.326 e. The van der Waals surface area contributed by atoms with Gasteiger partial charge in [-0.05, 0) is 50.5 Å². The van der Waals surface area contributed by atoms with Crippen LogP contribution in [-0.4, -0.2) is 34.1 Å². The maximum absolute atomic E-state index is 12.3. The Morgan fingerprint density at radius 2 is 1.96 bits per heavy atom. The van der Waals surface area contributed by atoms with E-state index in [0.717, 1.165) is 38.5 Å². The number of nitrogens with one attached hydrogen (secondary N) is 1. The van der Waals surface area contributed by atoms with Gasteiger partial charge >= 0.3 is 5.97 Å². The zero-order valence-electron chi connectivity index (χ0n) is 13.0. The number of nitrogens with zero attached hydrogens (tertiary/aromatic N) is 1. The second-order valence-electron chi connectivity index (χ2n) is 6.39. The molecule has 2 saturated carbocycles. The summed E-state index contributed by atoms with van der Waals surface area (Å²) < 4.78 is 5.85. The van der Waals surface area contributed by atoms with Crippen LogP contribution in [0.4, 0.5) is 0 Å². The predicted molar refractivity (Wildman–Crippen MR) is 83.4 cm³/mol. The highest BCUT2D eigenvalue weighted by atomic mass is 16.5. The van der Waals surface area contributed by atoms with Crippen LogP contribution in [0.2, 0.25) is 0 Å². The molecule has 23 heavy (non-hydrogen) atoms. The highest BCUT2D eigenvalue weighted by Crippen LogP contribution is 2.33. The summed E-state index contributed by atoms with van der Waals surface area (Å²) in [6, 6.07) is 2.36. The van der Waals surface area contributed by atoms with Crippen LogP contribution in [0.15, 0.2) is 18.3 Å². The fourth-order valence-corrected chi connectivity index (χ4v) is 3.00. The van der Waals surface area contributed by atoms with Crippen molar-refractivity contribution in [3.05, 3.63) is 23.9 Å². The zero-order valence-corrected chi connectivity index (χ0v) is 13.0. The van der Waals surface area contributed by atoms with E-state index in [1.54, 1.807) is 12.1 Å². The van der Waals surface area contributed by atoms with Crippen LogP contribution < -0.4 is 10.1 Å². The summed E-state index contributed by atoms with van der Waals surface area (Å²) in [5.41, 5.74) is 0.387. The zero-order chi connectivity index (χ0) is 16.2. The Morgan fingerprint density at radius 3 is 2.61 bits per heavy atom. The molecule has 6 heteroatoms. The second-order valence-corrected chi connectivity index (χ2v) is 6.39. The number of hydrogen-bond acceptors (Lipinski definition) is 4. The Kier molecular flexibility index (Phi) is 4.79. The highest BCUT2D eigenvalue weighted by molar-refractivity contribution is 5.96. The van der Waals surface area contributed by atoms with Crippen LogP contribution in [0, 0.1) is 5.92 Å². The maximum atomic E-state index is 12.3. The first-order valence-corrected chi connectivity index (χ1v) is 8.30. The standard InChI is InChI=1S/C17H22N2O4/c20-16(19-15(17(21)22)11-6-7-11)12-8-9-18-14(10-12)23-13-4-2-1-3-5-13/h8-11,13,15H,1-7H2,(H,19,20)(H,21,22). The van der Waals surface area contributed by atoms with Gasteiger partial charge in [-0.25, -0.2) is 9.78 Å². The van der Waals surface area contributed by atoms with Gasteiger partial charge in [0.05, 0.1) is 0 Å². The number of carbonyl (C=O) groups excluding carboxylic acids is 1. The van der Waals surface area contributed by atoms with Crippen LogP contribution >= 0.6 is 0 Å². The average Bonchev–Trinajstić information content (AvgIpc) is 3.38. The average molecular weight is 318 g/mol. The first kappa shape index (κ1) is 15.8. The number of carbonyl (C=O) groups is 2. The molecule has 0 saturated heterocycles. The van der Waals surface area contributed by atoms with Crippen LogP contribution in [0.1, 0.15) is 55.3 Å². The normalized spacial score (nSPS) is 19.8. The number of hydrogen-bond donors (Lipinski definition) is 2. The van der Waals surface area contributed by atoms with Gasteiger partial charge in [-0.1, -0.05) is 6.42 Å². The summed E-state index contributed by atoms with van der Waals surface area (Å²) in [4.78, 5) is 27.7. The van der Waals surface area contributed by atoms with E-state index in [1.807, 2.05) is 0 Å². The van der Waals surface area contributed by atoms with Crippen molar-refractivity contribution in [2.45, 2.75) is 57.1 Å². The molecule has 2 fully saturated rings. The minimum absolute atomic E-state index is 0.0521. The Bertz CT molecular complexity index is 580. The van der Waals surface area contributed by atoms with E-state index < -0.39 is 12.0 Å². The Labute approximate surface area is 135 Å². The fraction of sp³-hybridized carbons (Fsp3) is 0.588. The third-order valence-electron chi connectivity index (χ3n) is 4.48. The van der Waals surface area contributed by atoms with E-state index >= 15 is 0 Å².